The fraction of sp³-hybridized carbons (Fsp3) is 0.350. The highest BCUT2D eigenvalue weighted by molar-refractivity contribution is 7.99. The summed E-state index contributed by atoms with van der Waals surface area (Å²) in [4.78, 5) is 32.4. The zero-order valence-electron chi connectivity index (χ0n) is 15.1. The van der Waals surface area contributed by atoms with Crippen LogP contribution in [0.2, 0.25) is 0 Å². The molecule has 1 fully saturated rings. The summed E-state index contributed by atoms with van der Waals surface area (Å²) in [6, 6.07) is 11.6. The van der Waals surface area contributed by atoms with Gasteiger partial charge in [0.25, 0.3) is 5.56 Å². The van der Waals surface area contributed by atoms with Crippen LogP contribution in [0.1, 0.15) is 26.2 Å². The number of para-hydroxylation sites is 1. The van der Waals surface area contributed by atoms with Crippen LogP contribution in [0, 0.1) is 0 Å². The normalized spacial score (nSPS) is 17.4. The summed E-state index contributed by atoms with van der Waals surface area (Å²) in [6.07, 6.45) is 3.31. The highest BCUT2D eigenvalue weighted by Gasteiger charge is 2.24. The number of nitrogens with zero attached hydrogens (tertiary/aromatic N) is 3. The van der Waals surface area contributed by atoms with Gasteiger partial charge in [-0.05, 0) is 49.8 Å². The molecule has 4 rings (SSSR count). The number of aromatic nitrogens is 2. The van der Waals surface area contributed by atoms with E-state index in [9.17, 15) is 9.59 Å². The fourth-order valence-electron chi connectivity index (χ4n) is 3.47. The van der Waals surface area contributed by atoms with E-state index >= 15 is 0 Å². The van der Waals surface area contributed by atoms with E-state index in [2.05, 4.69) is 11.9 Å². The Labute approximate surface area is 166 Å². The first-order valence-corrected chi connectivity index (χ1v) is 11.0. The number of hydrogen-bond acceptors (Lipinski definition) is 5. The maximum Gasteiger partial charge on any atom is 0.276 e. The van der Waals surface area contributed by atoms with Crippen molar-refractivity contribution >= 4 is 39.2 Å². The molecule has 3 aromatic rings. The molecule has 1 atom stereocenters. The van der Waals surface area contributed by atoms with E-state index in [1.165, 1.54) is 29.5 Å². The van der Waals surface area contributed by atoms with Crippen molar-refractivity contribution in [3.63, 3.8) is 0 Å². The van der Waals surface area contributed by atoms with Crippen LogP contribution < -0.4 is 5.56 Å². The lowest BCUT2D eigenvalue weighted by Crippen LogP contribution is -2.43. The van der Waals surface area contributed by atoms with Crippen LogP contribution in [-0.4, -0.2) is 38.7 Å². The van der Waals surface area contributed by atoms with Gasteiger partial charge in [0.15, 0.2) is 5.16 Å². The van der Waals surface area contributed by atoms with Gasteiger partial charge in [-0.1, -0.05) is 30.0 Å². The Hall–Kier alpha value is -2.12. The molecule has 1 aromatic carbocycles. The summed E-state index contributed by atoms with van der Waals surface area (Å²) in [5.41, 5.74) is 1.38. The third-order valence-electron chi connectivity index (χ3n) is 4.91. The van der Waals surface area contributed by atoms with Crippen LogP contribution in [0.5, 0.6) is 0 Å². The SMILES string of the molecule is C[C@H]1CCCCN1C(=O)CSc1nc2ccsc2c(=O)n1-c1ccccc1. The summed E-state index contributed by atoms with van der Waals surface area (Å²) in [7, 11) is 0. The number of hydrogen-bond donors (Lipinski definition) is 0. The van der Waals surface area contributed by atoms with Crippen LogP contribution >= 0.6 is 23.1 Å². The Balaban J connectivity index is 1.66. The molecule has 2 aromatic heterocycles. The number of thioether (sulfide) groups is 1. The highest BCUT2D eigenvalue weighted by atomic mass is 32.2. The fourth-order valence-corrected chi connectivity index (χ4v) is 5.13. The van der Waals surface area contributed by atoms with Crippen molar-refractivity contribution in [1.29, 1.82) is 0 Å². The number of carbonyl (C=O) groups is 1. The number of carbonyl (C=O) groups excluding carboxylic acids is 1. The zero-order valence-corrected chi connectivity index (χ0v) is 16.8. The molecule has 0 bridgehead atoms. The molecule has 0 unspecified atom stereocenters. The van der Waals surface area contributed by atoms with E-state index in [0.717, 1.165) is 25.1 Å². The van der Waals surface area contributed by atoms with E-state index in [1.54, 1.807) is 4.57 Å². The standard InChI is InChI=1S/C20H21N3O2S2/c1-14-7-5-6-11-22(14)17(24)13-27-20-21-16-10-12-26-18(16)19(25)23(20)15-8-3-2-4-9-15/h2-4,8-10,12,14H,5-7,11,13H2,1H3/t14-/m0/s1. The smallest absolute Gasteiger partial charge is 0.276 e. The summed E-state index contributed by atoms with van der Waals surface area (Å²) in [6.45, 7) is 2.93. The number of likely N-dealkylation sites (tertiary alicyclic amines) is 1. The van der Waals surface area contributed by atoms with Gasteiger partial charge in [-0.2, -0.15) is 0 Å². The molecule has 0 aliphatic carbocycles. The van der Waals surface area contributed by atoms with Crippen molar-refractivity contribution < 1.29 is 4.79 Å². The highest BCUT2D eigenvalue weighted by Crippen LogP contribution is 2.25. The topological polar surface area (TPSA) is 55.2 Å². The minimum absolute atomic E-state index is 0.0810. The molecular formula is C20H21N3O2S2. The van der Waals surface area contributed by atoms with Crippen molar-refractivity contribution in [3.05, 3.63) is 52.1 Å². The Morgan fingerprint density at radius 3 is 2.85 bits per heavy atom. The Kier molecular flexibility index (Phi) is 5.31. The number of fused-ring (bicyclic) bond motifs is 1. The van der Waals surface area contributed by atoms with E-state index in [4.69, 9.17) is 0 Å². The predicted molar refractivity (Wildman–Crippen MR) is 111 cm³/mol. The average Bonchev–Trinajstić information content (AvgIpc) is 3.16. The Bertz CT molecular complexity index is 1010. The lowest BCUT2D eigenvalue weighted by molar-refractivity contribution is -0.131. The first kappa shape index (κ1) is 18.3. The largest absolute Gasteiger partial charge is 0.339 e. The van der Waals surface area contributed by atoms with Gasteiger partial charge < -0.3 is 4.90 Å². The van der Waals surface area contributed by atoms with Crippen molar-refractivity contribution in [1.82, 2.24) is 14.5 Å². The molecule has 0 N–H and O–H groups in total. The van der Waals surface area contributed by atoms with E-state index in [0.29, 0.717) is 21.1 Å². The van der Waals surface area contributed by atoms with Gasteiger partial charge in [-0.3, -0.25) is 14.2 Å². The van der Waals surface area contributed by atoms with Gasteiger partial charge in [0.05, 0.1) is 17.0 Å². The number of rotatable bonds is 4. The number of thiophene rings is 1. The molecule has 27 heavy (non-hydrogen) atoms. The Morgan fingerprint density at radius 1 is 1.26 bits per heavy atom. The average molecular weight is 400 g/mol. The van der Waals surface area contributed by atoms with Crippen LogP contribution in [0.15, 0.2) is 51.7 Å². The lowest BCUT2D eigenvalue weighted by Gasteiger charge is -2.33. The quantitative estimate of drug-likeness (QED) is 0.493. The minimum atomic E-state index is -0.0810. The number of benzene rings is 1. The molecule has 3 heterocycles. The molecular weight excluding hydrogens is 378 g/mol. The summed E-state index contributed by atoms with van der Waals surface area (Å²) >= 11 is 2.74. The van der Waals surface area contributed by atoms with Gasteiger partial charge >= 0.3 is 0 Å². The van der Waals surface area contributed by atoms with Crippen LogP contribution in [0.4, 0.5) is 0 Å². The molecule has 140 valence electrons. The van der Waals surface area contributed by atoms with E-state index < -0.39 is 0 Å². The van der Waals surface area contributed by atoms with Crippen LogP contribution in [-0.2, 0) is 4.79 Å². The maximum atomic E-state index is 13.0. The van der Waals surface area contributed by atoms with Crippen molar-refractivity contribution in [2.45, 2.75) is 37.4 Å². The predicted octanol–water partition coefficient (Wildman–Crippen LogP) is 3.94. The summed E-state index contributed by atoms with van der Waals surface area (Å²) < 4.78 is 2.26. The van der Waals surface area contributed by atoms with Crippen LogP contribution in [0.25, 0.3) is 15.9 Å². The third-order valence-corrected chi connectivity index (χ3v) is 6.73. The molecule has 0 saturated carbocycles. The molecule has 0 spiro atoms. The van der Waals surface area contributed by atoms with Crippen LogP contribution in [0.3, 0.4) is 0 Å². The summed E-state index contributed by atoms with van der Waals surface area (Å²) in [5, 5.41) is 2.44. The van der Waals surface area contributed by atoms with E-state index in [1.807, 2.05) is 46.7 Å². The molecule has 1 aliphatic heterocycles. The van der Waals surface area contributed by atoms with Gasteiger partial charge in [0.1, 0.15) is 4.70 Å². The van der Waals surface area contributed by atoms with Gasteiger partial charge in [0, 0.05) is 12.6 Å². The first-order valence-electron chi connectivity index (χ1n) is 9.13. The van der Waals surface area contributed by atoms with Gasteiger partial charge in [-0.15, -0.1) is 11.3 Å². The van der Waals surface area contributed by atoms with Crippen molar-refractivity contribution in [3.8, 4) is 5.69 Å². The number of piperidine rings is 1. The monoisotopic (exact) mass is 399 g/mol. The third kappa shape index (κ3) is 3.66. The van der Waals surface area contributed by atoms with E-state index in [-0.39, 0.29) is 17.5 Å². The number of amides is 1. The molecule has 1 amide bonds. The lowest BCUT2D eigenvalue weighted by atomic mass is 10.0. The first-order chi connectivity index (χ1) is 13.1. The molecule has 0 radical (unpaired) electrons. The zero-order chi connectivity index (χ0) is 18.8. The molecule has 1 aliphatic rings. The molecule has 5 nitrogen and oxygen atoms in total. The minimum Gasteiger partial charge on any atom is -0.339 e. The molecule has 1 saturated heterocycles. The summed E-state index contributed by atoms with van der Waals surface area (Å²) in [5.74, 6) is 0.408. The van der Waals surface area contributed by atoms with Crippen molar-refractivity contribution in [2.24, 2.45) is 0 Å². The second-order valence-electron chi connectivity index (χ2n) is 6.73. The maximum absolute atomic E-state index is 13.0. The second-order valence-corrected chi connectivity index (χ2v) is 8.58. The van der Waals surface area contributed by atoms with Gasteiger partial charge in [-0.25, -0.2) is 4.98 Å². The van der Waals surface area contributed by atoms with Gasteiger partial charge in [0.2, 0.25) is 5.91 Å². The molecule has 7 heteroatoms. The van der Waals surface area contributed by atoms with Crippen molar-refractivity contribution in [2.75, 3.05) is 12.3 Å². The second kappa shape index (κ2) is 7.86. The Morgan fingerprint density at radius 2 is 2.07 bits per heavy atom.